The number of carbonyl (C=O) groups excluding carboxylic acids is 1. The van der Waals surface area contributed by atoms with Crippen molar-refractivity contribution in [2.75, 3.05) is 0 Å². The summed E-state index contributed by atoms with van der Waals surface area (Å²) in [6.45, 7) is 2.55. The zero-order chi connectivity index (χ0) is 16.1. The summed E-state index contributed by atoms with van der Waals surface area (Å²) in [5.74, 6) is 0.478. The van der Waals surface area contributed by atoms with Crippen molar-refractivity contribution < 1.29 is 9.32 Å². The van der Waals surface area contributed by atoms with E-state index >= 15 is 0 Å². The van der Waals surface area contributed by atoms with Crippen LogP contribution >= 0.6 is 0 Å². The second-order valence-electron chi connectivity index (χ2n) is 5.48. The topological polar surface area (TPSA) is 55.1 Å². The molecule has 23 heavy (non-hydrogen) atoms. The number of nitrogens with zero attached hydrogens (tertiary/aromatic N) is 1. The van der Waals surface area contributed by atoms with Crippen LogP contribution in [0.4, 0.5) is 0 Å². The normalized spacial score (nSPS) is 10.5. The highest BCUT2D eigenvalue weighted by Gasteiger charge is 2.10. The van der Waals surface area contributed by atoms with Gasteiger partial charge in [-0.05, 0) is 12.5 Å². The van der Waals surface area contributed by atoms with Crippen LogP contribution in [0, 0.1) is 6.92 Å². The van der Waals surface area contributed by atoms with Gasteiger partial charge in [0.05, 0.1) is 6.42 Å². The third-order valence-electron chi connectivity index (χ3n) is 3.57. The molecule has 0 saturated heterocycles. The first-order valence-corrected chi connectivity index (χ1v) is 7.54. The van der Waals surface area contributed by atoms with Gasteiger partial charge in [0.25, 0.3) is 0 Å². The van der Waals surface area contributed by atoms with E-state index in [2.05, 4.69) is 10.5 Å². The molecule has 0 spiro atoms. The standard InChI is InChI=1S/C19H18N2O2/c1-14-7-9-15(10-8-14)13-20-19(22)12-17-11-18(21-23-17)16-5-3-2-4-6-16/h2-11H,12-13H2,1H3,(H,20,22). The molecule has 2 aromatic carbocycles. The lowest BCUT2D eigenvalue weighted by Gasteiger charge is -2.04. The minimum Gasteiger partial charge on any atom is -0.360 e. The van der Waals surface area contributed by atoms with Gasteiger partial charge in [-0.3, -0.25) is 4.79 Å². The van der Waals surface area contributed by atoms with Crippen molar-refractivity contribution in [1.29, 1.82) is 0 Å². The Hall–Kier alpha value is -2.88. The predicted octanol–water partition coefficient (Wildman–Crippen LogP) is 3.51. The maximum Gasteiger partial charge on any atom is 0.227 e. The van der Waals surface area contributed by atoms with E-state index in [-0.39, 0.29) is 12.3 Å². The third-order valence-corrected chi connectivity index (χ3v) is 3.57. The minimum atomic E-state index is -0.0821. The van der Waals surface area contributed by atoms with Crippen LogP contribution in [0.3, 0.4) is 0 Å². The van der Waals surface area contributed by atoms with Crippen molar-refractivity contribution >= 4 is 5.91 Å². The average Bonchev–Trinajstić information content (AvgIpc) is 3.04. The number of nitrogens with one attached hydrogen (secondary N) is 1. The summed E-state index contributed by atoms with van der Waals surface area (Å²) in [5.41, 5.74) is 4.00. The van der Waals surface area contributed by atoms with Crippen LogP contribution in [0.1, 0.15) is 16.9 Å². The fraction of sp³-hybridized carbons (Fsp3) is 0.158. The molecule has 0 saturated carbocycles. The van der Waals surface area contributed by atoms with E-state index in [1.165, 1.54) is 5.56 Å². The summed E-state index contributed by atoms with van der Waals surface area (Å²) in [6.07, 6.45) is 0.186. The molecule has 1 aromatic heterocycles. The Balaban J connectivity index is 1.56. The molecule has 1 amide bonds. The second-order valence-corrected chi connectivity index (χ2v) is 5.48. The zero-order valence-corrected chi connectivity index (χ0v) is 13.0. The van der Waals surface area contributed by atoms with E-state index in [0.29, 0.717) is 12.3 Å². The Morgan fingerprint density at radius 3 is 2.57 bits per heavy atom. The van der Waals surface area contributed by atoms with Gasteiger partial charge >= 0.3 is 0 Å². The maximum absolute atomic E-state index is 12.0. The molecule has 3 aromatic rings. The molecule has 1 heterocycles. The van der Waals surface area contributed by atoms with E-state index < -0.39 is 0 Å². The molecule has 0 radical (unpaired) electrons. The second kappa shape index (κ2) is 6.92. The maximum atomic E-state index is 12.0. The molecular formula is C19H18N2O2. The Morgan fingerprint density at radius 2 is 1.83 bits per heavy atom. The molecule has 0 unspecified atom stereocenters. The van der Waals surface area contributed by atoms with Gasteiger partial charge in [-0.1, -0.05) is 65.3 Å². The van der Waals surface area contributed by atoms with Crippen LogP contribution in [0.5, 0.6) is 0 Å². The summed E-state index contributed by atoms with van der Waals surface area (Å²) >= 11 is 0. The minimum absolute atomic E-state index is 0.0821. The zero-order valence-electron chi connectivity index (χ0n) is 13.0. The smallest absolute Gasteiger partial charge is 0.227 e. The summed E-state index contributed by atoms with van der Waals surface area (Å²) in [4.78, 5) is 12.0. The fourth-order valence-electron chi connectivity index (χ4n) is 2.27. The van der Waals surface area contributed by atoms with Gasteiger partial charge in [-0.2, -0.15) is 0 Å². The van der Waals surface area contributed by atoms with Gasteiger partial charge in [0.15, 0.2) is 0 Å². The van der Waals surface area contributed by atoms with E-state index in [0.717, 1.165) is 16.8 Å². The largest absolute Gasteiger partial charge is 0.360 e. The molecule has 0 aliphatic carbocycles. The van der Waals surface area contributed by atoms with Crippen LogP contribution in [-0.2, 0) is 17.8 Å². The van der Waals surface area contributed by atoms with E-state index in [1.54, 1.807) is 6.07 Å². The molecule has 0 aliphatic rings. The quantitative estimate of drug-likeness (QED) is 0.785. The first-order valence-electron chi connectivity index (χ1n) is 7.54. The van der Waals surface area contributed by atoms with Gasteiger partial charge < -0.3 is 9.84 Å². The Labute approximate surface area is 135 Å². The monoisotopic (exact) mass is 306 g/mol. The first-order chi connectivity index (χ1) is 11.2. The number of aromatic nitrogens is 1. The van der Waals surface area contributed by atoms with Crippen molar-refractivity contribution in [2.24, 2.45) is 0 Å². The SMILES string of the molecule is Cc1ccc(CNC(=O)Cc2cc(-c3ccccc3)no2)cc1. The van der Waals surface area contributed by atoms with Gasteiger partial charge in [0.1, 0.15) is 11.5 Å². The molecule has 116 valence electrons. The molecule has 4 heteroatoms. The van der Waals surface area contributed by atoms with E-state index in [1.807, 2.05) is 61.5 Å². The highest BCUT2D eigenvalue weighted by Crippen LogP contribution is 2.18. The number of aryl methyl sites for hydroxylation is 1. The van der Waals surface area contributed by atoms with Crippen LogP contribution < -0.4 is 5.32 Å². The van der Waals surface area contributed by atoms with Crippen molar-refractivity contribution in [3.05, 3.63) is 77.6 Å². The van der Waals surface area contributed by atoms with Gasteiger partial charge in [-0.15, -0.1) is 0 Å². The van der Waals surface area contributed by atoms with Gasteiger partial charge in [0.2, 0.25) is 5.91 Å². The molecule has 4 nitrogen and oxygen atoms in total. The van der Waals surface area contributed by atoms with Crippen molar-refractivity contribution in [2.45, 2.75) is 19.9 Å². The van der Waals surface area contributed by atoms with Crippen LogP contribution in [0.25, 0.3) is 11.3 Å². The number of hydrogen-bond donors (Lipinski definition) is 1. The predicted molar refractivity (Wildman–Crippen MR) is 88.7 cm³/mol. The highest BCUT2D eigenvalue weighted by molar-refractivity contribution is 5.78. The first kappa shape index (κ1) is 15.0. The number of carbonyl (C=O) groups is 1. The number of benzene rings is 2. The highest BCUT2D eigenvalue weighted by atomic mass is 16.5. The average molecular weight is 306 g/mol. The Morgan fingerprint density at radius 1 is 1.09 bits per heavy atom. The number of amides is 1. The molecule has 0 bridgehead atoms. The third kappa shape index (κ3) is 4.07. The number of hydrogen-bond acceptors (Lipinski definition) is 3. The Bertz CT molecular complexity index is 777. The van der Waals surface area contributed by atoms with Crippen LogP contribution in [0.15, 0.2) is 65.2 Å². The lowest BCUT2D eigenvalue weighted by Crippen LogP contribution is -2.24. The van der Waals surface area contributed by atoms with Crippen molar-refractivity contribution in [3.8, 4) is 11.3 Å². The molecule has 1 N–H and O–H groups in total. The number of rotatable bonds is 5. The molecule has 0 atom stereocenters. The van der Waals surface area contributed by atoms with E-state index in [9.17, 15) is 4.79 Å². The van der Waals surface area contributed by atoms with Crippen molar-refractivity contribution in [3.63, 3.8) is 0 Å². The summed E-state index contributed by atoms with van der Waals surface area (Å²) in [7, 11) is 0. The lowest BCUT2D eigenvalue weighted by atomic mass is 10.1. The Kier molecular flexibility index (Phi) is 4.52. The molecular weight excluding hydrogens is 288 g/mol. The summed E-state index contributed by atoms with van der Waals surface area (Å²) in [5, 5.41) is 6.90. The van der Waals surface area contributed by atoms with Crippen LogP contribution in [0.2, 0.25) is 0 Å². The molecule has 0 aliphatic heterocycles. The van der Waals surface area contributed by atoms with Gasteiger partial charge in [0, 0.05) is 18.2 Å². The summed E-state index contributed by atoms with van der Waals surface area (Å²) < 4.78 is 5.25. The lowest BCUT2D eigenvalue weighted by molar-refractivity contribution is -0.120. The van der Waals surface area contributed by atoms with Gasteiger partial charge in [-0.25, -0.2) is 0 Å². The fourth-order valence-corrected chi connectivity index (χ4v) is 2.27. The summed E-state index contributed by atoms with van der Waals surface area (Å²) in [6, 6.07) is 19.6. The van der Waals surface area contributed by atoms with Crippen LogP contribution in [-0.4, -0.2) is 11.1 Å². The van der Waals surface area contributed by atoms with Crippen molar-refractivity contribution in [1.82, 2.24) is 10.5 Å². The van der Waals surface area contributed by atoms with E-state index in [4.69, 9.17) is 4.52 Å². The molecule has 3 rings (SSSR count). The molecule has 0 fully saturated rings.